The summed E-state index contributed by atoms with van der Waals surface area (Å²) in [5, 5.41) is 9.16. The molecular weight excluding hydrogens is 326 g/mol. The minimum atomic E-state index is 0.380. The Bertz CT molecular complexity index is 649. The Morgan fingerprint density at radius 1 is 1.21 bits per heavy atom. The van der Waals surface area contributed by atoms with Crippen molar-refractivity contribution in [2.75, 3.05) is 0 Å². The van der Waals surface area contributed by atoms with Crippen molar-refractivity contribution in [3.63, 3.8) is 0 Å². The number of hydrogen-bond acceptors (Lipinski definition) is 2. The van der Waals surface area contributed by atoms with E-state index in [4.69, 9.17) is 21.6 Å². The second kappa shape index (κ2) is 6.10. The lowest BCUT2D eigenvalue weighted by Crippen LogP contribution is -1.92. The number of benzene rings is 2. The summed E-state index contributed by atoms with van der Waals surface area (Å²) < 4.78 is 6.75. The normalized spacial score (nSPS) is 10.0. The van der Waals surface area contributed by atoms with Crippen molar-refractivity contribution >= 4 is 27.5 Å². The van der Waals surface area contributed by atoms with Crippen molar-refractivity contribution in [2.45, 2.75) is 12.8 Å². The van der Waals surface area contributed by atoms with Gasteiger partial charge < -0.3 is 4.74 Å². The Morgan fingerprint density at radius 3 is 2.68 bits per heavy atom. The van der Waals surface area contributed by atoms with Crippen LogP contribution in [-0.4, -0.2) is 0 Å². The zero-order chi connectivity index (χ0) is 13.8. The van der Waals surface area contributed by atoms with Gasteiger partial charge in [-0.2, -0.15) is 5.26 Å². The van der Waals surface area contributed by atoms with E-state index >= 15 is 0 Å². The lowest BCUT2D eigenvalue weighted by molar-refractivity contribution is 0.477. The van der Waals surface area contributed by atoms with Crippen LogP contribution in [-0.2, 0) is 5.88 Å². The molecule has 2 aromatic carbocycles. The van der Waals surface area contributed by atoms with Gasteiger partial charge in [-0.05, 0) is 42.3 Å². The lowest BCUT2D eigenvalue weighted by atomic mass is 10.1. The summed E-state index contributed by atoms with van der Waals surface area (Å²) in [4.78, 5) is 0. The molecule has 0 radical (unpaired) electrons. The van der Waals surface area contributed by atoms with Gasteiger partial charge in [0.1, 0.15) is 17.6 Å². The smallest absolute Gasteiger partial charge is 0.145 e. The molecule has 0 saturated heterocycles. The summed E-state index contributed by atoms with van der Waals surface area (Å²) >= 11 is 9.16. The third-order valence-corrected chi connectivity index (χ3v) is 3.49. The van der Waals surface area contributed by atoms with E-state index in [2.05, 4.69) is 22.0 Å². The number of aryl methyl sites for hydroxylation is 1. The van der Waals surface area contributed by atoms with E-state index in [-0.39, 0.29) is 0 Å². The lowest BCUT2D eigenvalue weighted by Gasteiger charge is -2.11. The predicted octanol–water partition coefficient (Wildman–Crippen LogP) is 5.16. The first-order valence-corrected chi connectivity index (χ1v) is 7.00. The summed E-state index contributed by atoms with van der Waals surface area (Å²) in [5.74, 6) is 1.65. The minimum Gasteiger partial charge on any atom is -0.456 e. The molecule has 0 N–H and O–H groups in total. The van der Waals surface area contributed by atoms with Crippen molar-refractivity contribution in [1.29, 1.82) is 5.26 Å². The molecule has 2 aromatic rings. The van der Waals surface area contributed by atoms with Crippen LogP contribution in [0.5, 0.6) is 11.5 Å². The van der Waals surface area contributed by atoms with Gasteiger partial charge in [0.25, 0.3) is 0 Å². The standard InChI is InChI=1S/C15H11BrClNO/c1-10-2-4-13(16)7-15(10)19-14-5-3-11(8-17)6-12(14)9-18/h2-7H,8H2,1H3. The highest BCUT2D eigenvalue weighted by Gasteiger charge is 2.08. The predicted molar refractivity (Wildman–Crippen MR) is 79.7 cm³/mol. The van der Waals surface area contributed by atoms with E-state index in [9.17, 15) is 0 Å². The fourth-order valence-electron chi connectivity index (χ4n) is 1.64. The Balaban J connectivity index is 2.38. The number of nitriles is 1. The fourth-order valence-corrected chi connectivity index (χ4v) is 2.15. The van der Waals surface area contributed by atoms with Gasteiger partial charge in [-0.25, -0.2) is 0 Å². The van der Waals surface area contributed by atoms with Gasteiger partial charge in [0.2, 0.25) is 0 Å². The highest BCUT2D eigenvalue weighted by molar-refractivity contribution is 9.10. The van der Waals surface area contributed by atoms with Crippen LogP contribution in [0, 0.1) is 18.3 Å². The Kier molecular flexibility index (Phi) is 4.47. The van der Waals surface area contributed by atoms with E-state index < -0.39 is 0 Å². The zero-order valence-electron chi connectivity index (χ0n) is 10.3. The highest BCUT2D eigenvalue weighted by atomic mass is 79.9. The molecule has 0 aliphatic rings. The average molecular weight is 337 g/mol. The highest BCUT2D eigenvalue weighted by Crippen LogP contribution is 2.30. The number of nitrogens with zero attached hydrogens (tertiary/aromatic N) is 1. The molecule has 0 unspecified atom stereocenters. The van der Waals surface area contributed by atoms with Crippen molar-refractivity contribution in [3.8, 4) is 17.6 Å². The van der Waals surface area contributed by atoms with Gasteiger partial charge in [0, 0.05) is 10.4 Å². The maximum absolute atomic E-state index is 9.16. The third-order valence-electron chi connectivity index (χ3n) is 2.69. The maximum Gasteiger partial charge on any atom is 0.145 e. The molecule has 4 heteroatoms. The monoisotopic (exact) mass is 335 g/mol. The van der Waals surface area contributed by atoms with Crippen LogP contribution >= 0.6 is 27.5 Å². The number of hydrogen-bond donors (Lipinski definition) is 0. The second-order valence-corrected chi connectivity index (χ2v) is 5.27. The number of rotatable bonds is 3. The Labute approximate surface area is 125 Å². The van der Waals surface area contributed by atoms with Crippen LogP contribution in [0.3, 0.4) is 0 Å². The largest absolute Gasteiger partial charge is 0.456 e. The Morgan fingerprint density at radius 2 is 2.00 bits per heavy atom. The van der Waals surface area contributed by atoms with Crippen molar-refractivity contribution in [3.05, 3.63) is 57.6 Å². The summed E-state index contributed by atoms with van der Waals surface area (Å²) in [6.45, 7) is 1.96. The van der Waals surface area contributed by atoms with Crippen LogP contribution < -0.4 is 4.74 Å². The summed E-state index contributed by atoms with van der Waals surface area (Å²) in [6, 6.07) is 13.3. The molecule has 19 heavy (non-hydrogen) atoms. The van der Waals surface area contributed by atoms with Crippen molar-refractivity contribution in [2.24, 2.45) is 0 Å². The van der Waals surface area contributed by atoms with E-state index in [0.29, 0.717) is 17.2 Å². The molecular formula is C15H11BrClNO. The minimum absolute atomic E-state index is 0.380. The van der Waals surface area contributed by atoms with Crippen LogP contribution in [0.1, 0.15) is 16.7 Å². The van der Waals surface area contributed by atoms with Crippen molar-refractivity contribution in [1.82, 2.24) is 0 Å². The molecule has 0 atom stereocenters. The van der Waals surface area contributed by atoms with Gasteiger partial charge in [-0.3, -0.25) is 0 Å². The molecule has 96 valence electrons. The maximum atomic E-state index is 9.16. The second-order valence-electron chi connectivity index (χ2n) is 4.09. The molecule has 2 nitrogen and oxygen atoms in total. The number of alkyl halides is 1. The molecule has 0 aromatic heterocycles. The van der Waals surface area contributed by atoms with E-state index in [1.54, 1.807) is 12.1 Å². The van der Waals surface area contributed by atoms with Gasteiger partial charge in [0.15, 0.2) is 0 Å². The third kappa shape index (κ3) is 3.28. The van der Waals surface area contributed by atoms with Gasteiger partial charge in [-0.15, -0.1) is 11.6 Å². The van der Waals surface area contributed by atoms with E-state index in [1.807, 2.05) is 31.2 Å². The zero-order valence-corrected chi connectivity index (χ0v) is 12.6. The summed E-state index contributed by atoms with van der Waals surface area (Å²) in [7, 11) is 0. The van der Waals surface area contributed by atoms with Gasteiger partial charge >= 0.3 is 0 Å². The molecule has 0 fully saturated rings. The molecule has 0 bridgehead atoms. The van der Waals surface area contributed by atoms with Crippen molar-refractivity contribution < 1.29 is 4.74 Å². The first-order valence-electron chi connectivity index (χ1n) is 5.67. The first kappa shape index (κ1) is 13.9. The molecule has 0 aliphatic heterocycles. The fraction of sp³-hybridized carbons (Fsp3) is 0.133. The topological polar surface area (TPSA) is 33.0 Å². The van der Waals surface area contributed by atoms with E-state index in [1.165, 1.54) is 0 Å². The SMILES string of the molecule is Cc1ccc(Br)cc1Oc1ccc(CCl)cc1C#N. The molecule has 0 aliphatic carbocycles. The summed E-state index contributed by atoms with van der Waals surface area (Å²) in [5.41, 5.74) is 2.39. The van der Waals surface area contributed by atoms with Crippen LogP contribution in [0.15, 0.2) is 40.9 Å². The van der Waals surface area contributed by atoms with Gasteiger partial charge in [-0.1, -0.05) is 28.1 Å². The molecule has 0 spiro atoms. The molecule has 0 amide bonds. The average Bonchev–Trinajstić information content (AvgIpc) is 2.43. The van der Waals surface area contributed by atoms with Gasteiger partial charge in [0.05, 0.1) is 5.56 Å². The van der Waals surface area contributed by atoms with E-state index in [0.717, 1.165) is 21.3 Å². The van der Waals surface area contributed by atoms with Crippen LogP contribution in [0.2, 0.25) is 0 Å². The quantitative estimate of drug-likeness (QED) is 0.725. The molecule has 2 rings (SSSR count). The van der Waals surface area contributed by atoms with Crippen LogP contribution in [0.4, 0.5) is 0 Å². The number of halogens is 2. The Hall–Kier alpha value is -1.50. The number of ether oxygens (including phenoxy) is 1. The van der Waals surface area contributed by atoms with Crippen LogP contribution in [0.25, 0.3) is 0 Å². The first-order chi connectivity index (χ1) is 9.13. The molecule has 0 saturated carbocycles. The molecule has 0 heterocycles. The summed E-state index contributed by atoms with van der Waals surface area (Å²) in [6.07, 6.45) is 0.